The maximum Gasteiger partial charge on any atom is 0.238 e. The highest BCUT2D eigenvalue weighted by Gasteiger charge is 2.54. The van der Waals surface area contributed by atoms with Crippen molar-refractivity contribution in [1.29, 1.82) is 0 Å². The number of hydrogen-bond acceptors (Lipinski definition) is 7. The molecule has 3 aromatic rings. The molecule has 0 bridgehead atoms. The van der Waals surface area contributed by atoms with Gasteiger partial charge in [-0.1, -0.05) is 31.0 Å². The molecule has 198 valence electrons. The van der Waals surface area contributed by atoms with Crippen LogP contribution >= 0.6 is 11.9 Å². The molecule has 0 aliphatic heterocycles. The third-order valence-electron chi connectivity index (χ3n) is 6.04. The molecule has 3 aromatic carbocycles. The molecule has 0 spiro atoms. The summed E-state index contributed by atoms with van der Waals surface area (Å²) in [6.07, 6.45) is 0.842. The molecule has 1 saturated carbocycles. The zero-order valence-electron chi connectivity index (χ0n) is 20.5. The Bertz CT molecular complexity index is 1380. The summed E-state index contributed by atoms with van der Waals surface area (Å²) >= 11 is 1.49. The third-order valence-corrected chi connectivity index (χ3v) is 8.93. The number of anilines is 4. The lowest BCUT2D eigenvalue weighted by Crippen LogP contribution is -2.31. The Balaban J connectivity index is 1.76. The van der Waals surface area contributed by atoms with Gasteiger partial charge in [0.1, 0.15) is 23.1 Å². The van der Waals surface area contributed by atoms with Gasteiger partial charge in [-0.05, 0) is 62.1 Å². The van der Waals surface area contributed by atoms with Crippen molar-refractivity contribution in [1.82, 2.24) is 0 Å². The quantitative estimate of drug-likeness (QED) is 0.190. The van der Waals surface area contributed by atoms with Crippen LogP contribution in [0.2, 0.25) is 0 Å². The van der Waals surface area contributed by atoms with Crippen molar-refractivity contribution in [2.75, 3.05) is 27.1 Å². The van der Waals surface area contributed by atoms with Gasteiger partial charge in [0.25, 0.3) is 0 Å². The SMILES string of the molecule is CCSNc1cccc(Oc2cc(F)cc(Nc3ccc(C)cc3F)c2NS(=O)(=O)C2(CCO)CC2)c1. The van der Waals surface area contributed by atoms with E-state index in [2.05, 4.69) is 14.8 Å². The number of hydrogen-bond donors (Lipinski definition) is 4. The molecule has 0 heterocycles. The number of benzene rings is 3. The van der Waals surface area contributed by atoms with E-state index in [-0.39, 0.29) is 35.8 Å². The number of ether oxygens (including phenoxy) is 1. The molecule has 11 heteroatoms. The Morgan fingerprint density at radius 2 is 1.86 bits per heavy atom. The molecule has 37 heavy (non-hydrogen) atoms. The Hall–Kier alpha value is -3.02. The first-order chi connectivity index (χ1) is 17.7. The molecule has 4 N–H and O–H groups in total. The van der Waals surface area contributed by atoms with Crippen molar-refractivity contribution in [2.45, 2.75) is 37.9 Å². The molecular formula is C26H29F2N3O4S2. The van der Waals surface area contributed by atoms with Crippen LogP contribution in [0.5, 0.6) is 11.5 Å². The Morgan fingerprint density at radius 3 is 2.54 bits per heavy atom. The maximum absolute atomic E-state index is 14.8. The van der Waals surface area contributed by atoms with Crippen molar-refractivity contribution in [3.05, 3.63) is 71.8 Å². The highest BCUT2D eigenvalue weighted by Crippen LogP contribution is 2.49. The summed E-state index contributed by atoms with van der Waals surface area (Å²) in [7, 11) is -4.01. The first-order valence-electron chi connectivity index (χ1n) is 11.8. The second-order valence-electron chi connectivity index (χ2n) is 8.86. The molecule has 1 aliphatic rings. The molecule has 1 fully saturated rings. The number of nitrogens with one attached hydrogen (secondary N) is 3. The number of rotatable bonds is 12. The van der Waals surface area contributed by atoms with E-state index in [9.17, 15) is 22.3 Å². The minimum absolute atomic E-state index is 0.0167. The monoisotopic (exact) mass is 549 g/mol. The highest BCUT2D eigenvalue weighted by molar-refractivity contribution is 8.00. The molecule has 7 nitrogen and oxygen atoms in total. The summed E-state index contributed by atoms with van der Waals surface area (Å²) in [6, 6.07) is 13.6. The minimum Gasteiger partial charge on any atom is -0.455 e. The van der Waals surface area contributed by atoms with E-state index in [1.807, 2.05) is 13.0 Å². The summed E-state index contributed by atoms with van der Waals surface area (Å²) in [5.41, 5.74) is 1.41. The normalized spacial score (nSPS) is 14.2. The molecule has 0 unspecified atom stereocenters. The number of aliphatic hydroxyl groups is 1. The number of aliphatic hydroxyl groups excluding tert-OH is 1. The molecule has 0 radical (unpaired) electrons. The van der Waals surface area contributed by atoms with Gasteiger partial charge in [-0.3, -0.25) is 4.72 Å². The van der Waals surface area contributed by atoms with Crippen LogP contribution in [-0.2, 0) is 10.0 Å². The minimum atomic E-state index is -4.01. The van der Waals surface area contributed by atoms with Gasteiger partial charge in [-0.25, -0.2) is 17.2 Å². The maximum atomic E-state index is 14.8. The summed E-state index contributed by atoms with van der Waals surface area (Å²) < 4.78 is 66.7. The van der Waals surface area contributed by atoms with Crippen LogP contribution in [0.3, 0.4) is 0 Å². The summed E-state index contributed by atoms with van der Waals surface area (Å²) in [5, 5.41) is 12.2. The zero-order valence-corrected chi connectivity index (χ0v) is 22.1. The van der Waals surface area contributed by atoms with Crippen molar-refractivity contribution < 1.29 is 27.0 Å². The average Bonchev–Trinajstić information content (AvgIpc) is 3.64. The van der Waals surface area contributed by atoms with E-state index in [0.717, 1.165) is 23.6 Å². The van der Waals surface area contributed by atoms with E-state index < -0.39 is 26.4 Å². The average molecular weight is 550 g/mol. The number of halogens is 2. The fraction of sp³-hybridized carbons (Fsp3) is 0.308. The lowest BCUT2D eigenvalue weighted by molar-refractivity contribution is 0.283. The molecule has 0 aromatic heterocycles. The van der Waals surface area contributed by atoms with Gasteiger partial charge in [-0.2, -0.15) is 0 Å². The Kier molecular flexibility index (Phi) is 8.15. The van der Waals surface area contributed by atoms with Crippen LogP contribution in [0.15, 0.2) is 54.6 Å². The van der Waals surface area contributed by atoms with E-state index in [1.165, 1.54) is 24.1 Å². The second-order valence-corrected chi connectivity index (χ2v) is 12.0. The fourth-order valence-electron chi connectivity index (χ4n) is 3.88. The van der Waals surface area contributed by atoms with Gasteiger partial charge in [0.05, 0.1) is 16.1 Å². The smallest absolute Gasteiger partial charge is 0.238 e. The molecular weight excluding hydrogens is 520 g/mol. The van der Waals surface area contributed by atoms with Crippen molar-refractivity contribution >= 4 is 44.7 Å². The standard InChI is InChI=1S/C26H29F2N3O4S2/c1-3-36-30-19-5-4-6-20(16-19)35-24-15-18(27)14-23(29-22-8-7-17(2)13-21(22)28)25(24)31-37(33,34)26(9-10-26)11-12-32/h4-8,13-16,29-32H,3,9-12H2,1-2H3. The Morgan fingerprint density at radius 1 is 1.08 bits per heavy atom. The van der Waals surface area contributed by atoms with Crippen LogP contribution < -0.4 is 19.5 Å². The summed E-state index contributed by atoms with van der Waals surface area (Å²) in [4.78, 5) is 0. The molecule has 0 atom stereocenters. The predicted octanol–water partition coefficient (Wildman–Crippen LogP) is 6.55. The van der Waals surface area contributed by atoms with Crippen molar-refractivity contribution in [2.24, 2.45) is 0 Å². The first-order valence-corrected chi connectivity index (χ1v) is 14.3. The molecule has 0 amide bonds. The van der Waals surface area contributed by atoms with E-state index in [1.54, 1.807) is 31.2 Å². The van der Waals surface area contributed by atoms with Gasteiger partial charge in [0.15, 0.2) is 5.75 Å². The van der Waals surface area contributed by atoms with Crippen LogP contribution in [0, 0.1) is 18.6 Å². The van der Waals surface area contributed by atoms with Crippen molar-refractivity contribution in [3.8, 4) is 11.5 Å². The fourth-order valence-corrected chi connectivity index (χ4v) is 6.01. The van der Waals surface area contributed by atoms with Crippen LogP contribution in [0.25, 0.3) is 0 Å². The summed E-state index contributed by atoms with van der Waals surface area (Å²) in [6.45, 7) is 3.44. The zero-order chi connectivity index (χ0) is 26.6. The Labute approximate surface area is 219 Å². The van der Waals surface area contributed by atoms with E-state index in [4.69, 9.17) is 4.74 Å². The molecule has 0 saturated heterocycles. The van der Waals surface area contributed by atoms with Gasteiger partial charge < -0.3 is 19.9 Å². The predicted molar refractivity (Wildman–Crippen MR) is 145 cm³/mol. The van der Waals surface area contributed by atoms with Gasteiger partial charge >= 0.3 is 0 Å². The molecule has 1 aliphatic carbocycles. The van der Waals surface area contributed by atoms with E-state index in [0.29, 0.717) is 24.2 Å². The van der Waals surface area contributed by atoms with Crippen LogP contribution in [0.4, 0.5) is 31.5 Å². The van der Waals surface area contributed by atoms with Gasteiger partial charge in [-0.15, -0.1) is 0 Å². The van der Waals surface area contributed by atoms with Crippen molar-refractivity contribution in [3.63, 3.8) is 0 Å². The lowest BCUT2D eigenvalue weighted by atomic mass is 10.2. The molecule has 4 rings (SSSR count). The number of aryl methyl sites for hydroxylation is 1. The van der Waals surface area contributed by atoms with Gasteiger partial charge in [0.2, 0.25) is 10.0 Å². The van der Waals surface area contributed by atoms with Crippen LogP contribution in [0.1, 0.15) is 31.7 Å². The second kappa shape index (κ2) is 11.2. The largest absolute Gasteiger partial charge is 0.455 e. The third kappa shape index (κ3) is 6.28. The van der Waals surface area contributed by atoms with Crippen LogP contribution in [-0.4, -0.2) is 30.6 Å². The first kappa shape index (κ1) is 27.0. The lowest BCUT2D eigenvalue weighted by Gasteiger charge is -2.22. The highest BCUT2D eigenvalue weighted by atomic mass is 32.2. The number of sulfonamides is 1. The van der Waals surface area contributed by atoms with Gasteiger partial charge in [0, 0.05) is 30.2 Å². The topological polar surface area (TPSA) is 99.7 Å². The summed E-state index contributed by atoms with van der Waals surface area (Å²) in [5.74, 6) is -0.205. The van der Waals surface area contributed by atoms with E-state index >= 15 is 0 Å².